The van der Waals surface area contributed by atoms with E-state index in [0.29, 0.717) is 23.5 Å². The van der Waals surface area contributed by atoms with Crippen molar-refractivity contribution in [3.05, 3.63) is 52.7 Å². The standard InChI is InChI=1S/C20H20N2O3/c1-11-14-6-5-12(7-17(14)22(2)21-11)15-10-18(23)16-8-13(24-3)9-19(25-4)20(15)16/h5-9,15H,10H2,1-4H3. The first-order chi connectivity index (χ1) is 12.0. The van der Waals surface area contributed by atoms with Gasteiger partial charge in [-0.25, -0.2) is 0 Å². The third kappa shape index (κ3) is 2.30. The van der Waals surface area contributed by atoms with Gasteiger partial charge in [-0.05, 0) is 24.6 Å². The Bertz CT molecular complexity index is 1000. The summed E-state index contributed by atoms with van der Waals surface area (Å²) in [6, 6.07) is 9.97. The number of Topliss-reactive ketones (excluding diaryl/α,β-unsaturated/α-hetero) is 1. The van der Waals surface area contributed by atoms with Crippen molar-refractivity contribution in [2.45, 2.75) is 19.3 Å². The lowest BCUT2D eigenvalue weighted by molar-refractivity contribution is 0.0991. The van der Waals surface area contributed by atoms with Crippen LogP contribution in [0.15, 0.2) is 30.3 Å². The first-order valence-corrected chi connectivity index (χ1v) is 8.26. The van der Waals surface area contributed by atoms with Gasteiger partial charge in [0.2, 0.25) is 0 Å². The zero-order valence-electron chi connectivity index (χ0n) is 14.8. The fraction of sp³-hybridized carbons (Fsp3) is 0.300. The minimum absolute atomic E-state index is 0.0111. The highest BCUT2D eigenvalue weighted by atomic mass is 16.5. The summed E-state index contributed by atoms with van der Waals surface area (Å²) < 4.78 is 12.8. The monoisotopic (exact) mass is 336 g/mol. The van der Waals surface area contributed by atoms with Crippen molar-refractivity contribution in [2.75, 3.05) is 14.2 Å². The Morgan fingerprint density at radius 2 is 1.96 bits per heavy atom. The molecule has 0 N–H and O–H groups in total. The van der Waals surface area contributed by atoms with E-state index in [4.69, 9.17) is 9.47 Å². The molecule has 1 aromatic heterocycles. The van der Waals surface area contributed by atoms with Gasteiger partial charge in [0.1, 0.15) is 11.5 Å². The van der Waals surface area contributed by atoms with Crippen molar-refractivity contribution in [2.24, 2.45) is 7.05 Å². The van der Waals surface area contributed by atoms with Gasteiger partial charge in [0.15, 0.2) is 5.78 Å². The number of hydrogen-bond donors (Lipinski definition) is 0. The number of ketones is 1. The van der Waals surface area contributed by atoms with Crippen LogP contribution in [0, 0.1) is 6.92 Å². The molecular formula is C20H20N2O3. The quantitative estimate of drug-likeness (QED) is 0.733. The summed E-state index contributed by atoms with van der Waals surface area (Å²) in [5.74, 6) is 1.45. The topological polar surface area (TPSA) is 53.4 Å². The average molecular weight is 336 g/mol. The van der Waals surface area contributed by atoms with Crippen LogP contribution >= 0.6 is 0 Å². The van der Waals surface area contributed by atoms with Crippen molar-refractivity contribution >= 4 is 16.7 Å². The highest BCUT2D eigenvalue weighted by Gasteiger charge is 2.34. The molecule has 0 saturated heterocycles. The molecule has 25 heavy (non-hydrogen) atoms. The Morgan fingerprint density at radius 3 is 2.68 bits per heavy atom. The van der Waals surface area contributed by atoms with Crippen LogP contribution in [-0.2, 0) is 7.05 Å². The van der Waals surface area contributed by atoms with Crippen molar-refractivity contribution in [3.8, 4) is 11.5 Å². The molecule has 128 valence electrons. The molecule has 2 aromatic carbocycles. The smallest absolute Gasteiger partial charge is 0.164 e. The lowest BCUT2D eigenvalue weighted by Gasteiger charge is -2.16. The van der Waals surface area contributed by atoms with Gasteiger partial charge >= 0.3 is 0 Å². The lowest BCUT2D eigenvalue weighted by Crippen LogP contribution is -2.01. The zero-order chi connectivity index (χ0) is 17.7. The number of fused-ring (bicyclic) bond motifs is 2. The zero-order valence-corrected chi connectivity index (χ0v) is 14.8. The number of ether oxygens (including phenoxy) is 2. The van der Waals surface area contributed by atoms with Crippen molar-refractivity contribution in [3.63, 3.8) is 0 Å². The molecule has 1 unspecified atom stereocenters. The van der Waals surface area contributed by atoms with Gasteiger partial charge in [-0.3, -0.25) is 9.48 Å². The molecule has 5 heteroatoms. The van der Waals surface area contributed by atoms with E-state index in [-0.39, 0.29) is 11.7 Å². The number of benzene rings is 2. The number of aryl methyl sites for hydroxylation is 2. The summed E-state index contributed by atoms with van der Waals surface area (Å²) in [4.78, 5) is 12.6. The number of carbonyl (C=O) groups is 1. The van der Waals surface area contributed by atoms with Gasteiger partial charge in [-0.2, -0.15) is 5.10 Å². The van der Waals surface area contributed by atoms with E-state index >= 15 is 0 Å². The summed E-state index contributed by atoms with van der Waals surface area (Å²) in [6.07, 6.45) is 0.446. The Kier molecular flexibility index (Phi) is 3.53. The van der Waals surface area contributed by atoms with Crippen LogP contribution in [0.25, 0.3) is 10.9 Å². The van der Waals surface area contributed by atoms with Crippen molar-refractivity contribution in [1.82, 2.24) is 9.78 Å². The number of aromatic nitrogens is 2. The van der Waals surface area contributed by atoms with Gasteiger partial charge in [-0.15, -0.1) is 0 Å². The van der Waals surface area contributed by atoms with Crippen molar-refractivity contribution in [1.29, 1.82) is 0 Å². The van der Waals surface area contributed by atoms with Crippen molar-refractivity contribution < 1.29 is 14.3 Å². The van der Waals surface area contributed by atoms with Gasteiger partial charge in [0, 0.05) is 42.0 Å². The number of rotatable bonds is 3. The normalized spacial score (nSPS) is 16.3. The van der Waals surface area contributed by atoms with Crippen LogP contribution in [0.1, 0.15) is 39.5 Å². The Morgan fingerprint density at radius 1 is 1.16 bits per heavy atom. The fourth-order valence-electron chi connectivity index (χ4n) is 3.83. The van der Waals surface area contributed by atoms with E-state index in [0.717, 1.165) is 27.7 Å². The maximum Gasteiger partial charge on any atom is 0.164 e. The van der Waals surface area contributed by atoms with E-state index in [2.05, 4.69) is 23.3 Å². The second kappa shape index (κ2) is 5.62. The molecule has 5 nitrogen and oxygen atoms in total. The largest absolute Gasteiger partial charge is 0.497 e. The average Bonchev–Trinajstić information content (AvgIpc) is 3.11. The van der Waals surface area contributed by atoms with Crippen LogP contribution in [-0.4, -0.2) is 29.8 Å². The second-order valence-electron chi connectivity index (χ2n) is 6.46. The predicted octanol–water partition coefficient (Wildman–Crippen LogP) is 3.62. The molecule has 4 rings (SSSR count). The minimum atomic E-state index is -0.0111. The van der Waals surface area contributed by atoms with Crippen LogP contribution in [0.2, 0.25) is 0 Å². The molecule has 1 heterocycles. The van der Waals surface area contributed by atoms with E-state index in [1.54, 1.807) is 14.2 Å². The number of hydrogen-bond acceptors (Lipinski definition) is 4. The molecular weight excluding hydrogens is 316 g/mol. The molecule has 1 aliphatic rings. The van der Waals surface area contributed by atoms with E-state index in [1.165, 1.54) is 0 Å². The van der Waals surface area contributed by atoms with Gasteiger partial charge in [-0.1, -0.05) is 12.1 Å². The highest BCUT2D eigenvalue weighted by molar-refractivity contribution is 6.03. The maximum absolute atomic E-state index is 12.6. The minimum Gasteiger partial charge on any atom is -0.497 e. The molecule has 0 saturated carbocycles. The third-order valence-electron chi connectivity index (χ3n) is 5.07. The summed E-state index contributed by atoms with van der Waals surface area (Å²) in [5.41, 5.74) is 4.83. The summed E-state index contributed by atoms with van der Waals surface area (Å²) >= 11 is 0. The van der Waals surface area contributed by atoms with Crippen LogP contribution in [0.5, 0.6) is 11.5 Å². The van der Waals surface area contributed by atoms with Gasteiger partial charge in [0.05, 0.1) is 25.4 Å². The number of methoxy groups -OCH3 is 2. The summed E-state index contributed by atoms with van der Waals surface area (Å²) in [5, 5.41) is 5.62. The first kappa shape index (κ1) is 15.7. The Hall–Kier alpha value is -2.82. The first-order valence-electron chi connectivity index (χ1n) is 8.26. The summed E-state index contributed by atoms with van der Waals surface area (Å²) in [7, 11) is 5.16. The Labute approximate surface area is 146 Å². The van der Waals surface area contributed by atoms with E-state index in [9.17, 15) is 4.79 Å². The molecule has 0 radical (unpaired) electrons. The van der Waals surface area contributed by atoms with Crippen LogP contribution in [0.4, 0.5) is 0 Å². The molecule has 3 aromatic rings. The van der Waals surface area contributed by atoms with E-state index in [1.807, 2.05) is 30.8 Å². The second-order valence-corrected chi connectivity index (χ2v) is 6.46. The Balaban J connectivity index is 1.89. The molecule has 0 fully saturated rings. The number of nitrogens with zero attached hydrogens (tertiary/aromatic N) is 2. The fourth-order valence-corrected chi connectivity index (χ4v) is 3.83. The predicted molar refractivity (Wildman–Crippen MR) is 95.8 cm³/mol. The lowest BCUT2D eigenvalue weighted by atomic mass is 9.91. The highest BCUT2D eigenvalue weighted by Crippen LogP contribution is 2.45. The molecule has 1 atom stereocenters. The number of carbonyl (C=O) groups excluding carboxylic acids is 1. The van der Waals surface area contributed by atoms with Crippen LogP contribution < -0.4 is 9.47 Å². The molecule has 0 aliphatic heterocycles. The van der Waals surface area contributed by atoms with Gasteiger partial charge < -0.3 is 9.47 Å². The van der Waals surface area contributed by atoms with Gasteiger partial charge in [0.25, 0.3) is 0 Å². The summed E-state index contributed by atoms with van der Waals surface area (Å²) in [6.45, 7) is 2.01. The molecule has 0 bridgehead atoms. The maximum atomic E-state index is 12.6. The van der Waals surface area contributed by atoms with E-state index < -0.39 is 0 Å². The molecule has 0 spiro atoms. The molecule has 0 amide bonds. The van der Waals surface area contributed by atoms with Crippen LogP contribution in [0.3, 0.4) is 0 Å². The SMILES string of the molecule is COc1cc(OC)c2c(c1)C(=O)CC2c1ccc2c(C)nn(C)c2c1. The molecule has 1 aliphatic carbocycles. The third-order valence-corrected chi connectivity index (χ3v) is 5.07.